The Morgan fingerprint density at radius 2 is 1.86 bits per heavy atom. The molecule has 148 valence electrons. The van der Waals surface area contributed by atoms with E-state index in [1.54, 1.807) is 74.7 Å². The van der Waals surface area contributed by atoms with E-state index in [0.29, 0.717) is 40.7 Å². The summed E-state index contributed by atoms with van der Waals surface area (Å²) in [4.78, 5) is 28.8. The van der Waals surface area contributed by atoms with Gasteiger partial charge in [0, 0.05) is 18.0 Å². The third kappa shape index (κ3) is 5.10. The number of pyridine rings is 1. The van der Waals surface area contributed by atoms with Gasteiger partial charge in [0.15, 0.2) is 0 Å². The molecule has 7 heteroatoms. The Kier molecular flexibility index (Phi) is 6.42. The third-order valence-electron chi connectivity index (χ3n) is 4.04. The van der Waals surface area contributed by atoms with E-state index in [1.807, 2.05) is 0 Å². The van der Waals surface area contributed by atoms with Gasteiger partial charge in [0.05, 0.1) is 30.5 Å². The molecule has 0 saturated carbocycles. The lowest BCUT2D eigenvalue weighted by atomic mass is 10.1. The number of carbonyl (C=O) groups is 2. The highest BCUT2D eigenvalue weighted by atomic mass is 16.5. The molecule has 0 aliphatic rings. The number of hydrogen-bond donors (Lipinski definition) is 2. The Hall–Kier alpha value is -3.87. The highest BCUT2D eigenvalue weighted by molar-refractivity contribution is 6.04. The molecule has 0 aliphatic heterocycles. The number of benzene rings is 2. The smallest absolute Gasteiger partial charge is 0.340 e. The van der Waals surface area contributed by atoms with Gasteiger partial charge in [-0.3, -0.25) is 4.79 Å². The quantitative estimate of drug-likeness (QED) is 0.585. The molecule has 1 aromatic heterocycles. The van der Waals surface area contributed by atoms with Gasteiger partial charge in [-0.15, -0.1) is 0 Å². The number of ether oxygens (including phenoxy) is 2. The molecular weight excluding hydrogens is 370 g/mol. The van der Waals surface area contributed by atoms with Gasteiger partial charge in [-0.2, -0.15) is 0 Å². The number of nitrogens with one attached hydrogen (secondary N) is 2. The Bertz CT molecular complexity index is 1000. The molecule has 1 heterocycles. The molecule has 2 aromatic carbocycles. The fraction of sp³-hybridized carbons (Fsp3) is 0.136. The number of esters is 1. The van der Waals surface area contributed by atoms with Crippen LogP contribution in [0.4, 0.5) is 17.2 Å². The van der Waals surface area contributed by atoms with Crippen LogP contribution in [0.15, 0.2) is 66.9 Å². The first-order valence-corrected chi connectivity index (χ1v) is 9.05. The van der Waals surface area contributed by atoms with Crippen molar-refractivity contribution >= 4 is 29.1 Å². The molecule has 0 aliphatic carbocycles. The number of aromatic nitrogens is 1. The van der Waals surface area contributed by atoms with Crippen LogP contribution < -0.4 is 15.4 Å². The van der Waals surface area contributed by atoms with E-state index in [4.69, 9.17) is 9.47 Å². The first-order valence-electron chi connectivity index (χ1n) is 9.05. The van der Waals surface area contributed by atoms with E-state index in [1.165, 1.54) is 6.20 Å². The van der Waals surface area contributed by atoms with E-state index in [0.717, 1.165) is 0 Å². The summed E-state index contributed by atoms with van der Waals surface area (Å²) in [6.07, 6.45) is 1.46. The minimum absolute atomic E-state index is 0.288. The van der Waals surface area contributed by atoms with Crippen LogP contribution in [-0.4, -0.2) is 30.6 Å². The zero-order chi connectivity index (χ0) is 20.6. The maximum Gasteiger partial charge on any atom is 0.340 e. The van der Waals surface area contributed by atoms with Crippen LogP contribution in [-0.2, 0) is 4.74 Å². The number of methoxy groups -OCH3 is 1. The summed E-state index contributed by atoms with van der Waals surface area (Å²) in [6, 6.07) is 17.4. The van der Waals surface area contributed by atoms with Crippen molar-refractivity contribution in [3.63, 3.8) is 0 Å². The fourth-order valence-corrected chi connectivity index (χ4v) is 2.62. The van der Waals surface area contributed by atoms with Crippen molar-refractivity contribution in [2.75, 3.05) is 24.4 Å². The van der Waals surface area contributed by atoms with Crippen LogP contribution in [0.25, 0.3) is 0 Å². The summed E-state index contributed by atoms with van der Waals surface area (Å²) in [6.45, 7) is 2.05. The number of anilines is 3. The highest BCUT2D eigenvalue weighted by Crippen LogP contribution is 2.21. The van der Waals surface area contributed by atoms with E-state index in [-0.39, 0.29) is 5.91 Å². The van der Waals surface area contributed by atoms with Gasteiger partial charge < -0.3 is 20.1 Å². The summed E-state index contributed by atoms with van der Waals surface area (Å²) in [7, 11) is 1.57. The molecule has 1 amide bonds. The van der Waals surface area contributed by atoms with Gasteiger partial charge in [0.1, 0.15) is 11.6 Å². The largest absolute Gasteiger partial charge is 0.497 e. The molecule has 0 bridgehead atoms. The molecule has 2 N–H and O–H groups in total. The van der Waals surface area contributed by atoms with Crippen LogP contribution in [0, 0.1) is 0 Å². The predicted molar refractivity (Wildman–Crippen MR) is 111 cm³/mol. The van der Waals surface area contributed by atoms with E-state index >= 15 is 0 Å². The number of carbonyl (C=O) groups excluding carboxylic acids is 2. The predicted octanol–water partition coefficient (Wildman–Crippen LogP) is 4.26. The lowest BCUT2D eigenvalue weighted by molar-refractivity contribution is 0.0527. The molecule has 0 spiro atoms. The molecule has 0 fully saturated rings. The number of amides is 1. The molecule has 0 atom stereocenters. The number of hydrogen-bond acceptors (Lipinski definition) is 6. The fourth-order valence-electron chi connectivity index (χ4n) is 2.62. The monoisotopic (exact) mass is 391 g/mol. The van der Waals surface area contributed by atoms with Gasteiger partial charge in [-0.05, 0) is 43.3 Å². The van der Waals surface area contributed by atoms with Crippen molar-refractivity contribution in [3.8, 4) is 5.75 Å². The maximum atomic E-state index is 12.4. The number of para-hydroxylation sites is 1. The Balaban J connectivity index is 1.71. The minimum Gasteiger partial charge on any atom is -0.497 e. The molecule has 0 unspecified atom stereocenters. The Labute approximate surface area is 168 Å². The van der Waals surface area contributed by atoms with Gasteiger partial charge >= 0.3 is 5.97 Å². The standard InChI is InChI=1S/C22H21N3O4/c1-3-29-22(27)18-9-4-5-10-19(18)25-20-12-11-15(14-23-20)21(26)24-16-7-6-8-17(13-16)28-2/h4-14H,3H2,1-2H3,(H,23,25)(H,24,26). The van der Waals surface area contributed by atoms with Crippen molar-refractivity contribution in [2.45, 2.75) is 6.92 Å². The lowest BCUT2D eigenvalue weighted by Crippen LogP contribution is -2.12. The van der Waals surface area contributed by atoms with Crippen molar-refractivity contribution in [1.29, 1.82) is 0 Å². The van der Waals surface area contributed by atoms with Gasteiger partial charge in [-0.25, -0.2) is 9.78 Å². The van der Waals surface area contributed by atoms with E-state index in [2.05, 4.69) is 15.6 Å². The van der Waals surface area contributed by atoms with Gasteiger partial charge in [0.25, 0.3) is 5.91 Å². The minimum atomic E-state index is -0.412. The van der Waals surface area contributed by atoms with Gasteiger partial charge in [-0.1, -0.05) is 18.2 Å². The second-order valence-electron chi connectivity index (χ2n) is 6.01. The molecule has 0 radical (unpaired) electrons. The van der Waals surface area contributed by atoms with Crippen LogP contribution in [0.1, 0.15) is 27.6 Å². The second-order valence-corrected chi connectivity index (χ2v) is 6.01. The van der Waals surface area contributed by atoms with Crippen molar-refractivity contribution in [2.24, 2.45) is 0 Å². The van der Waals surface area contributed by atoms with Crippen LogP contribution in [0.5, 0.6) is 5.75 Å². The van der Waals surface area contributed by atoms with Crippen LogP contribution >= 0.6 is 0 Å². The Morgan fingerprint density at radius 1 is 1.03 bits per heavy atom. The molecule has 7 nitrogen and oxygen atoms in total. The van der Waals surface area contributed by atoms with Crippen molar-refractivity contribution in [1.82, 2.24) is 4.98 Å². The topological polar surface area (TPSA) is 89.5 Å². The normalized spacial score (nSPS) is 10.1. The van der Waals surface area contributed by atoms with Crippen LogP contribution in [0.3, 0.4) is 0 Å². The van der Waals surface area contributed by atoms with Gasteiger partial charge in [0.2, 0.25) is 0 Å². The zero-order valence-electron chi connectivity index (χ0n) is 16.1. The summed E-state index contributed by atoms with van der Waals surface area (Å²) in [5.74, 6) is 0.453. The number of rotatable bonds is 7. The summed E-state index contributed by atoms with van der Waals surface area (Å²) in [5, 5.41) is 5.88. The zero-order valence-corrected chi connectivity index (χ0v) is 16.1. The third-order valence-corrected chi connectivity index (χ3v) is 4.04. The van der Waals surface area contributed by atoms with E-state index in [9.17, 15) is 9.59 Å². The summed E-state index contributed by atoms with van der Waals surface area (Å²) >= 11 is 0. The first kappa shape index (κ1) is 19.9. The molecule has 29 heavy (non-hydrogen) atoms. The first-order chi connectivity index (χ1) is 14.1. The molecular formula is C22H21N3O4. The lowest BCUT2D eigenvalue weighted by Gasteiger charge is -2.11. The average molecular weight is 391 g/mol. The average Bonchev–Trinajstić information content (AvgIpc) is 2.75. The number of nitrogens with zero attached hydrogens (tertiary/aromatic N) is 1. The van der Waals surface area contributed by atoms with Crippen LogP contribution in [0.2, 0.25) is 0 Å². The van der Waals surface area contributed by atoms with E-state index < -0.39 is 5.97 Å². The van der Waals surface area contributed by atoms with Crippen molar-refractivity contribution < 1.29 is 19.1 Å². The second kappa shape index (κ2) is 9.36. The van der Waals surface area contributed by atoms with Crippen molar-refractivity contribution in [3.05, 3.63) is 78.0 Å². The summed E-state index contributed by atoms with van der Waals surface area (Å²) in [5.41, 5.74) is 2.01. The summed E-state index contributed by atoms with van der Waals surface area (Å²) < 4.78 is 10.2. The highest BCUT2D eigenvalue weighted by Gasteiger charge is 2.13. The molecule has 3 rings (SSSR count). The molecule has 3 aromatic rings. The Morgan fingerprint density at radius 3 is 2.59 bits per heavy atom. The SMILES string of the molecule is CCOC(=O)c1ccccc1Nc1ccc(C(=O)Nc2cccc(OC)c2)cn1. The maximum absolute atomic E-state index is 12.4. The molecule has 0 saturated heterocycles.